The highest BCUT2D eigenvalue weighted by Crippen LogP contribution is 2.41. The number of para-hydroxylation sites is 4. The molecule has 0 aliphatic carbocycles. The number of nitrogens with zero attached hydrogens (tertiary/aromatic N) is 4. The molecule has 0 spiro atoms. The SMILES string of the molecule is [2H]c1c([2H])c([2H])c2c(oc3c2c([2H])c([2H])c2c3c3c([2H])c([2H])c([2H])c([2H])c3n2-c2cccc(-c3nc(-c4ccc5c(c4)oc4ccccc45)nc(-c4ccc5oc6ccccc6c5c4)n3)c2)c1[2H]. The molecule has 0 saturated heterocycles. The van der Waals surface area contributed by atoms with Crippen molar-refractivity contribution in [2.45, 2.75) is 0 Å². The normalized spacial score (nSPS) is 14.6. The van der Waals surface area contributed by atoms with Crippen LogP contribution < -0.4 is 0 Å². The Balaban J connectivity index is 1.08. The van der Waals surface area contributed by atoms with E-state index in [0.717, 1.165) is 32.7 Å². The summed E-state index contributed by atoms with van der Waals surface area (Å²) in [5.41, 5.74) is 4.63. The number of rotatable bonds is 4. The smallest absolute Gasteiger partial charge is 0.164 e. The van der Waals surface area contributed by atoms with Gasteiger partial charge in [-0.1, -0.05) is 90.9 Å². The highest BCUT2D eigenvalue weighted by Gasteiger charge is 2.20. The molecule has 8 aromatic carbocycles. The Morgan fingerprint density at radius 1 is 0.397 bits per heavy atom. The van der Waals surface area contributed by atoms with E-state index in [1.807, 2.05) is 84.9 Å². The van der Waals surface area contributed by atoms with Gasteiger partial charge in [0, 0.05) is 60.1 Å². The van der Waals surface area contributed by atoms with E-state index < -0.39 is 60.4 Å². The number of aromatic nitrogens is 4. The lowest BCUT2D eigenvalue weighted by atomic mass is 10.1. The fourth-order valence-corrected chi connectivity index (χ4v) is 8.11. The maximum Gasteiger partial charge on any atom is 0.164 e. The van der Waals surface area contributed by atoms with Crippen molar-refractivity contribution in [2.24, 2.45) is 0 Å². The first kappa shape index (κ1) is 23.1. The quantitative estimate of drug-likeness (QED) is 0.178. The molecule has 0 amide bonds. The molecular weight excluding hydrogens is 717 g/mol. The summed E-state index contributed by atoms with van der Waals surface area (Å²) in [6.07, 6.45) is 0. The molecule has 7 nitrogen and oxygen atoms in total. The van der Waals surface area contributed by atoms with Crippen LogP contribution in [0.4, 0.5) is 0 Å². The number of hydrogen-bond acceptors (Lipinski definition) is 6. The molecule has 0 fully saturated rings. The highest BCUT2D eigenvalue weighted by atomic mass is 16.3. The standard InChI is InChI=1S/C51H28N4O3/c1-5-16-40-38(15-1)47-41(24-23-37-34-13-3-8-19-44(34)58-48(37)47)55(40)32-11-9-10-29(26-32)49-52-50(30-21-25-45-39(27-30)35-14-4-7-18-43(35)56-45)54-51(53-49)31-20-22-36-33-12-2-6-17-42(33)57-46(36)28-31/h1-28H/i1D,3D,5D,8D,13D,15D,16D,19D,23D,24D. The fraction of sp³-hybridized carbons (Fsp3) is 0. The highest BCUT2D eigenvalue weighted by molar-refractivity contribution is 6.24. The molecule has 270 valence electrons. The van der Waals surface area contributed by atoms with Crippen LogP contribution in [0.5, 0.6) is 0 Å². The molecule has 13 rings (SSSR count). The van der Waals surface area contributed by atoms with Crippen molar-refractivity contribution in [3.63, 3.8) is 0 Å². The molecule has 5 aromatic heterocycles. The Bertz CT molecular complexity index is 4420. The summed E-state index contributed by atoms with van der Waals surface area (Å²) in [4.78, 5) is 15.1. The minimum Gasteiger partial charge on any atom is -0.456 e. The lowest BCUT2D eigenvalue weighted by Crippen LogP contribution is -2.01. The zero-order valence-electron chi connectivity index (χ0n) is 39.9. The van der Waals surface area contributed by atoms with Crippen molar-refractivity contribution in [3.05, 3.63) is 170 Å². The predicted molar refractivity (Wildman–Crippen MR) is 232 cm³/mol. The van der Waals surface area contributed by atoms with Crippen LogP contribution in [0.3, 0.4) is 0 Å². The summed E-state index contributed by atoms with van der Waals surface area (Å²) in [7, 11) is 0. The average Bonchev–Trinajstić information content (AvgIpc) is 4.14. The van der Waals surface area contributed by atoms with Crippen LogP contribution in [0.2, 0.25) is 0 Å². The zero-order valence-corrected chi connectivity index (χ0v) is 29.9. The summed E-state index contributed by atoms with van der Waals surface area (Å²) >= 11 is 0. The van der Waals surface area contributed by atoms with E-state index in [1.165, 1.54) is 4.57 Å². The fourth-order valence-electron chi connectivity index (χ4n) is 8.11. The van der Waals surface area contributed by atoms with Gasteiger partial charge in [0.05, 0.1) is 30.1 Å². The second-order valence-corrected chi connectivity index (χ2v) is 14.0. The molecule has 0 atom stereocenters. The Morgan fingerprint density at radius 3 is 1.86 bits per heavy atom. The number of hydrogen-bond donors (Lipinski definition) is 0. The second-order valence-electron chi connectivity index (χ2n) is 14.0. The number of benzene rings is 8. The largest absolute Gasteiger partial charge is 0.456 e. The second kappa shape index (κ2) is 11.7. The van der Waals surface area contributed by atoms with Crippen molar-refractivity contribution in [1.29, 1.82) is 0 Å². The summed E-state index contributed by atoms with van der Waals surface area (Å²) in [6, 6.07) is 29.3. The Morgan fingerprint density at radius 2 is 1.03 bits per heavy atom. The van der Waals surface area contributed by atoms with E-state index in [-0.39, 0.29) is 49.6 Å². The van der Waals surface area contributed by atoms with Gasteiger partial charge in [-0.2, -0.15) is 0 Å². The minimum absolute atomic E-state index is 0.00719. The van der Waals surface area contributed by atoms with Crippen LogP contribution in [0.15, 0.2) is 183 Å². The molecule has 0 N–H and O–H groups in total. The zero-order chi connectivity index (χ0) is 46.6. The molecule has 58 heavy (non-hydrogen) atoms. The lowest BCUT2D eigenvalue weighted by Gasteiger charge is -2.11. The molecule has 0 aliphatic rings. The van der Waals surface area contributed by atoms with Crippen molar-refractivity contribution in [3.8, 4) is 39.9 Å². The van der Waals surface area contributed by atoms with Gasteiger partial charge in [-0.15, -0.1) is 0 Å². The minimum atomic E-state index is -0.549. The molecule has 0 bridgehead atoms. The number of fused-ring (bicyclic) bond motifs is 13. The summed E-state index contributed by atoms with van der Waals surface area (Å²) in [5.74, 6) is 0.952. The summed E-state index contributed by atoms with van der Waals surface area (Å²) in [6.45, 7) is 0. The molecule has 13 aromatic rings. The van der Waals surface area contributed by atoms with Gasteiger partial charge in [0.1, 0.15) is 33.5 Å². The number of furan rings is 3. The first-order valence-electron chi connectivity index (χ1n) is 23.4. The van der Waals surface area contributed by atoms with E-state index in [9.17, 15) is 5.48 Å². The molecular formula is C51H28N4O3. The molecule has 0 saturated carbocycles. The van der Waals surface area contributed by atoms with Crippen molar-refractivity contribution in [2.75, 3.05) is 0 Å². The van der Waals surface area contributed by atoms with Crippen LogP contribution >= 0.6 is 0 Å². The molecule has 5 heterocycles. The third-order valence-corrected chi connectivity index (χ3v) is 10.7. The summed E-state index contributed by atoms with van der Waals surface area (Å²) in [5, 5.41) is 3.57. The Labute approximate surface area is 343 Å². The van der Waals surface area contributed by atoms with Gasteiger partial charge in [-0.05, 0) is 78.8 Å². The van der Waals surface area contributed by atoms with Gasteiger partial charge in [0.2, 0.25) is 0 Å². The predicted octanol–water partition coefficient (Wildman–Crippen LogP) is 13.7. The first-order chi connectivity index (χ1) is 32.9. The third-order valence-electron chi connectivity index (χ3n) is 10.7. The van der Waals surface area contributed by atoms with Gasteiger partial charge in [0.25, 0.3) is 0 Å². The van der Waals surface area contributed by atoms with Crippen LogP contribution in [-0.4, -0.2) is 19.5 Å². The van der Waals surface area contributed by atoms with Crippen LogP contribution in [-0.2, 0) is 0 Å². The average molecular weight is 755 g/mol. The third kappa shape index (κ3) is 4.52. The van der Waals surface area contributed by atoms with Gasteiger partial charge in [-0.25, -0.2) is 15.0 Å². The topological polar surface area (TPSA) is 83.0 Å². The van der Waals surface area contributed by atoms with E-state index in [2.05, 4.69) is 0 Å². The summed E-state index contributed by atoms with van der Waals surface area (Å²) < 4.78 is 109. The van der Waals surface area contributed by atoms with Crippen LogP contribution in [0.1, 0.15) is 13.7 Å². The van der Waals surface area contributed by atoms with E-state index in [1.54, 1.807) is 24.3 Å². The van der Waals surface area contributed by atoms with Gasteiger partial charge < -0.3 is 17.8 Å². The van der Waals surface area contributed by atoms with Crippen LogP contribution in [0.25, 0.3) is 127 Å². The Kier molecular flexibility index (Phi) is 4.68. The molecule has 0 unspecified atom stereocenters. The van der Waals surface area contributed by atoms with Crippen LogP contribution in [0, 0.1) is 0 Å². The van der Waals surface area contributed by atoms with Crippen molar-refractivity contribution in [1.82, 2.24) is 19.5 Å². The van der Waals surface area contributed by atoms with Gasteiger partial charge in [-0.3, -0.25) is 0 Å². The van der Waals surface area contributed by atoms with Crippen molar-refractivity contribution >= 4 is 87.6 Å². The first-order valence-corrected chi connectivity index (χ1v) is 18.4. The van der Waals surface area contributed by atoms with Gasteiger partial charge >= 0.3 is 0 Å². The maximum atomic E-state index is 9.52. The van der Waals surface area contributed by atoms with E-state index in [4.69, 9.17) is 36.4 Å². The monoisotopic (exact) mass is 754 g/mol. The van der Waals surface area contributed by atoms with E-state index >= 15 is 0 Å². The van der Waals surface area contributed by atoms with E-state index in [0.29, 0.717) is 45.2 Å². The Hall–Kier alpha value is -8.03. The van der Waals surface area contributed by atoms with Gasteiger partial charge in [0.15, 0.2) is 17.5 Å². The maximum absolute atomic E-state index is 9.52. The molecule has 0 radical (unpaired) electrons. The molecule has 7 heteroatoms. The lowest BCUT2D eigenvalue weighted by molar-refractivity contribution is 0.668. The molecule has 0 aliphatic heterocycles. The van der Waals surface area contributed by atoms with Crippen molar-refractivity contribution < 1.29 is 27.0 Å².